The van der Waals surface area contributed by atoms with E-state index in [0.29, 0.717) is 13.1 Å². The molecule has 4 nitrogen and oxygen atoms in total. The molecule has 110 valence electrons. The number of nitrogens with zero attached hydrogens (tertiary/aromatic N) is 2. The lowest BCUT2D eigenvalue weighted by molar-refractivity contribution is 0.242. The van der Waals surface area contributed by atoms with Gasteiger partial charge >= 0.3 is 0 Å². The first-order valence-electron chi connectivity index (χ1n) is 7.01. The standard InChI is InChI=1S/C14H19FN2O2S/c15-13-5-3-12(4-6-13)9-17-10-14(11-20(17,18)19)16-7-1-2-8-16/h3-6,14H,1-2,7-11H2. The average Bonchev–Trinajstić information content (AvgIpc) is 3.01. The van der Waals surface area contributed by atoms with Crippen LogP contribution in [-0.4, -0.2) is 49.1 Å². The van der Waals surface area contributed by atoms with Crippen LogP contribution < -0.4 is 0 Å². The minimum Gasteiger partial charge on any atom is -0.298 e. The Hall–Kier alpha value is -0.980. The first kappa shape index (κ1) is 14.0. The molecule has 0 aromatic heterocycles. The summed E-state index contributed by atoms with van der Waals surface area (Å²) in [5.41, 5.74) is 0.831. The Bertz CT molecular complexity index is 567. The maximum Gasteiger partial charge on any atom is 0.216 e. The lowest BCUT2D eigenvalue weighted by atomic mass is 10.2. The minimum atomic E-state index is -3.18. The van der Waals surface area contributed by atoms with E-state index in [-0.39, 0.29) is 17.6 Å². The SMILES string of the molecule is O=S1(=O)CC(N2CCCC2)CN1Cc1ccc(F)cc1. The molecule has 1 aromatic rings. The van der Waals surface area contributed by atoms with Gasteiger partial charge in [0.15, 0.2) is 0 Å². The van der Waals surface area contributed by atoms with Crippen molar-refractivity contribution in [1.29, 1.82) is 0 Å². The maximum absolute atomic E-state index is 12.9. The van der Waals surface area contributed by atoms with E-state index < -0.39 is 10.0 Å². The summed E-state index contributed by atoms with van der Waals surface area (Å²) < 4.78 is 38.9. The Kier molecular flexibility index (Phi) is 3.79. The van der Waals surface area contributed by atoms with E-state index >= 15 is 0 Å². The van der Waals surface area contributed by atoms with Crippen LogP contribution in [0.2, 0.25) is 0 Å². The van der Waals surface area contributed by atoms with E-state index in [2.05, 4.69) is 4.90 Å². The van der Waals surface area contributed by atoms with Crippen LogP contribution in [0.25, 0.3) is 0 Å². The van der Waals surface area contributed by atoms with Gasteiger partial charge in [0.1, 0.15) is 5.82 Å². The zero-order chi connectivity index (χ0) is 14.2. The summed E-state index contributed by atoms with van der Waals surface area (Å²) in [5, 5.41) is 0. The predicted octanol–water partition coefficient (Wildman–Crippen LogP) is 1.44. The average molecular weight is 298 g/mol. The van der Waals surface area contributed by atoms with E-state index in [4.69, 9.17) is 0 Å². The Morgan fingerprint density at radius 1 is 1.15 bits per heavy atom. The molecule has 2 saturated heterocycles. The third-order valence-electron chi connectivity index (χ3n) is 4.14. The number of hydrogen-bond donors (Lipinski definition) is 0. The lowest BCUT2D eigenvalue weighted by Crippen LogP contribution is -2.36. The lowest BCUT2D eigenvalue weighted by Gasteiger charge is -2.21. The first-order valence-corrected chi connectivity index (χ1v) is 8.62. The minimum absolute atomic E-state index is 0.114. The van der Waals surface area contributed by atoms with Gasteiger partial charge in [-0.15, -0.1) is 0 Å². The molecule has 3 rings (SSSR count). The Morgan fingerprint density at radius 3 is 2.45 bits per heavy atom. The Labute approximate surface area is 119 Å². The molecule has 1 aromatic carbocycles. The molecule has 1 atom stereocenters. The molecular formula is C14H19FN2O2S. The topological polar surface area (TPSA) is 40.6 Å². The number of sulfonamides is 1. The Morgan fingerprint density at radius 2 is 1.80 bits per heavy atom. The van der Waals surface area contributed by atoms with Crippen LogP contribution >= 0.6 is 0 Å². The highest BCUT2D eigenvalue weighted by atomic mass is 32.2. The van der Waals surface area contributed by atoms with Crippen molar-refractivity contribution >= 4 is 10.0 Å². The third-order valence-corrected chi connectivity index (χ3v) is 6.01. The monoisotopic (exact) mass is 298 g/mol. The van der Waals surface area contributed by atoms with Gasteiger partial charge in [0.25, 0.3) is 0 Å². The summed E-state index contributed by atoms with van der Waals surface area (Å²) in [6.07, 6.45) is 2.32. The molecule has 2 aliphatic rings. The fraction of sp³-hybridized carbons (Fsp3) is 0.571. The van der Waals surface area contributed by atoms with E-state index in [1.807, 2.05) is 0 Å². The maximum atomic E-state index is 12.9. The van der Waals surface area contributed by atoms with Crippen molar-refractivity contribution in [2.45, 2.75) is 25.4 Å². The molecule has 0 saturated carbocycles. The van der Waals surface area contributed by atoms with Gasteiger partial charge in [-0.25, -0.2) is 12.8 Å². The fourth-order valence-corrected chi connectivity index (χ4v) is 4.79. The summed E-state index contributed by atoms with van der Waals surface area (Å²) in [6.45, 7) is 2.90. The van der Waals surface area contributed by atoms with Gasteiger partial charge in [0.2, 0.25) is 10.0 Å². The molecule has 2 aliphatic heterocycles. The number of benzene rings is 1. The summed E-state index contributed by atoms with van der Waals surface area (Å²) in [4.78, 5) is 2.28. The van der Waals surface area contributed by atoms with Crippen molar-refractivity contribution in [3.8, 4) is 0 Å². The Balaban J connectivity index is 1.71. The number of hydrogen-bond acceptors (Lipinski definition) is 3. The normalized spacial score (nSPS) is 27.1. The highest BCUT2D eigenvalue weighted by Crippen LogP contribution is 2.24. The molecule has 2 heterocycles. The van der Waals surface area contributed by atoms with Gasteiger partial charge in [-0.3, -0.25) is 4.90 Å². The van der Waals surface area contributed by atoms with Crippen molar-refractivity contribution in [2.24, 2.45) is 0 Å². The van der Waals surface area contributed by atoms with Gasteiger partial charge in [-0.05, 0) is 43.6 Å². The van der Waals surface area contributed by atoms with Crippen LogP contribution in [0.4, 0.5) is 4.39 Å². The van der Waals surface area contributed by atoms with Crippen molar-refractivity contribution < 1.29 is 12.8 Å². The highest BCUT2D eigenvalue weighted by Gasteiger charge is 2.39. The second-order valence-electron chi connectivity index (χ2n) is 5.59. The van der Waals surface area contributed by atoms with Gasteiger partial charge < -0.3 is 0 Å². The van der Waals surface area contributed by atoms with Crippen molar-refractivity contribution in [3.63, 3.8) is 0 Å². The van der Waals surface area contributed by atoms with Gasteiger partial charge in [0, 0.05) is 19.1 Å². The molecule has 0 radical (unpaired) electrons. The molecule has 2 fully saturated rings. The smallest absolute Gasteiger partial charge is 0.216 e. The second kappa shape index (κ2) is 5.42. The summed E-state index contributed by atoms with van der Waals surface area (Å²) in [6, 6.07) is 6.15. The molecule has 0 bridgehead atoms. The van der Waals surface area contributed by atoms with E-state index in [9.17, 15) is 12.8 Å². The van der Waals surface area contributed by atoms with Crippen molar-refractivity contribution in [2.75, 3.05) is 25.4 Å². The summed E-state index contributed by atoms with van der Waals surface area (Å²) in [7, 11) is -3.18. The van der Waals surface area contributed by atoms with Crippen LogP contribution in [0.3, 0.4) is 0 Å². The second-order valence-corrected chi connectivity index (χ2v) is 7.61. The van der Waals surface area contributed by atoms with E-state index in [0.717, 1.165) is 31.5 Å². The zero-order valence-electron chi connectivity index (χ0n) is 11.3. The third kappa shape index (κ3) is 2.87. The van der Waals surface area contributed by atoms with Crippen LogP contribution in [-0.2, 0) is 16.6 Å². The van der Waals surface area contributed by atoms with Crippen LogP contribution in [0, 0.1) is 5.82 Å². The van der Waals surface area contributed by atoms with Gasteiger partial charge in [-0.1, -0.05) is 12.1 Å². The van der Waals surface area contributed by atoms with Crippen LogP contribution in [0.5, 0.6) is 0 Å². The quantitative estimate of drug-likeness (QED) is 0.848. The molecular weight excluding hydrogens is 279 g/mol. The summed E-state index contributed by atoms with van der Waals surface area (Å²) >= 11 is 0. The van der Waals surface area contributed by atoms with Crippen molar-refractivity contribution in [1.82, 2.24) is 9.21 Å². The van der Waals surface area contributed by atoms with Gasteiger partial charge in [0.05, 0.1) is 5.75 Å². The number of likely N-dealkylation sites (tertiary alicyclic amines) is 1. The molecule has 0 N–H and O–H groups in total. The molecule has 0 spiro atoms. The van der Waals surface area contributed by atoms with Gasteiger partial charge in [-0.2, -0.15) is 4.31 Å². The van der Waals surface area contributed by atoms with Crippen LogP contribution in [0.1, 0.15) is 18.4 Å². The number of halogens is 1. The zero-order valence-corrected chi connectivity index (χ0v) is 12.2. The molecule has 6 heteroatoms. The summed E-state index contributed by atoms with van der Waals surface area (Å²) in [5.74, 6) is -0.0817. The van der Waals surface area contributed by atoms with E-state index in [1.54, 1.807) is 12.1 Å². The predicted molar refractivity (Wildman–Crippen MR) is 75.2 cm³/mol. The molecule has 0 amide bonds. The first-order chi connectivity index (χ1) is 9.54. The largest absolute Gasteiger partial charge is 0.298 e. The molecule has 20 heavy (non-hydrogen) atoms. The van der Waals surface area contributed by atoms with Crippen molar-refractivity contribution in [3.05, 3.63) is 35.6 Å². The molecule has 0 aliphatic carbocycles. The van der Waals surface area contributed by atoms with Crippen LogP contribution in [0.15, 0.2) is 24.3 Å². The molecule has 1 unspecified atom stereocenters. The fourth-order valence-electron chi connectivity index (χ4n) is 3.03. The van der Waals surface area contributed by atoms with E-state index in [1.165, 1.54) is 16.4 Å². The number of rotatable bonds is 3. The highest BCUT2D eigenvalue weighted by molar-refractivity contribution is 7.89.